The number of likely N-dealkylation sites (tertiary alicyclic amines) is 1. The zero-order valence-corrected chi connectivity index (χ0v) is 11.6. The summed E-state index contributed by atoms with van der Waals surface area (Å²) in [6, 6.07) is 3.95. The Morgan fingerprint density at radius 1 is 1.58 bits per heavy atom. The molecular formula is C14H22N4O. The number of amides is 1. The molecule has 19 heavy (non-hydrogen) atoms. The van der Waals surface area contributed by atoms with E-state index in [2.05, 4.69) is 10.3 Å². The highest BCUT2D eigenvalue weighted by atomic mass is 16.2. The molecule has 0 aliphatic carbocycles. The van der Waals surface area contributed by atoms with Gasteiger partial charge in [-0.05, 0) is 38.8 Å². The monoisotopic (exact) mass is 262 g/mol. The lowest BCUT2D eigenvalue weighted by molar-refractivity contribution is 0.0709. The third-order valence-corrected chi connectivity index (χ3v) is 3.21. The van der Waals surface area contributed by atoms with Crippen LogP contribution in [0.15, 0.2) is 18.3 Å². The van der Waals surface area contributed by atoms with Gasteiger partial charge in [-0.25, -0.2) is 4.98 Å². The summed E-state index contributed by atoms with van der Waals surface area (Å²) in [6.45, 7) is 5.47. The second-order valence-electron chi connectivity index (χ2n) is 5.35. The average Bonchev–Trinajstić information content (AvgIpc) is 2.38. The minimum Gasteiger partial charge on any atom is -0.367 e. The molecule has 0 saturated carbocycles. The predicted octanol–water partition coefficient (Wildman–Crippen LogP) is 1.47. The first-order chi connectivity index (χ1) is 9.08. The second kappa shape index (κ2) is 6.02. The summed E-state index contributed by atoms with van der Waals surface area (Å²) in [4.78, 5) is 18.6. The second-order valence-corrected chi connectivity index (χ2v) is 5.35. The van der Waals surface area contributed by atoms with Crippen molar-refractivity contribution >= 4 is 11.7 Å². The number of hydrogen-bond acceptors (Lipinski definition) is 4. The third-order valence-electron chi connectivity index (χ3n) is 3.21. The molecule has 1 aliphatic rings. The maximum atomic E-state index is 12.5. The summed E-state index contributed by atoms with van der Waals surface area (Å²) < 4.78 is 0. The molecule has 0 spiro atoms. The van der Waals surface area contributed by atoms with Gasteiger partial charge in [-0.1, -0.05) is 0 Å². The predicted molar refractivity (Wildman–Crippen MR) is 76.1 cm³/mol. The van der Waals surface area contributed by atoms with Crippen LogP contribution in [0.25, 0.3) is 0 Å². The van der Waals surface area contributed by atoms with Gasteiger partial charge in [0, 0.05) is 31.4 Å². The highest BCUT2D eigenvalue weighted by Gasteiger charge is 2.24. The number of nitrogens with zero attached hydrogens (tertiary/aromatic N) is 2. The first-order valence-corrected chi connectivity index (χ1v) is 6.84. The minimum atomic E-state index is 0.0198. The van der Waals surface area contributed by atoms with E-state index in [1.165, 1.54) is 0 Å². The molecule has 104 valence electrons. The Balaban J connectivity index is 2.18. The van der Waals surface area contributed by atoms with Crippen LogP contribution in [0.5, 0.6) is 0 Å². The van der Waals surface area contributed by atoms with Crippen molar-refractivity contribution in [1.82, 2.24) is 9.88 Å². The number of pyridine rings is 1. The van der Waals surface area contributed by atoms with Crippen LogP contribution in [0.4, 0.5) is 5.82 Å². The molecule has 0 unspecified atom stereocenters. The van der Waals surface area contributed by atoms with Crippen LogP contribution in [-0.4, -0.2) is 41.0 Å². The van der Waals surface area contributed by atoms with Crippen molar-refractivity contribution in [2.75, 3.05) is 18.4 Å². The number of nitrogens with one attached hydrogen (secondary N) is 1. The van der Waals surface area contributed by atoms with Crippen molar-refractivity contribution in [2.45, 2.75) is 38.8 Å². The Labute approximate surface area is 114 Å². The molecule has 5 heteroatoms. The molecule has 2 rings (SSSR count). The molecule has 1 saturated heterocycles. The highest BCUT2D eigenvalue weighted by Crippen LogP contribution is 2.18. The third kappa shape index (κ3) is 3.44. The van der Waals surface area contributed by atoms with E-state index in [1.807, 2.05) is 24.8 Å². The zero-order valence-electron chi connectivity index (χ0n) is 11.6. The molecule has 1 amide bonds. The van der Waals surface area contributed by atoms with Crippen LogP contribution >= 0.6 is 0 Å². The molecule has 5 nitrogen and oxygen atoms in total. The number of hydrogen-bond donors (Lipinski definition) is 2. The molecule has 2 heterocycles. The van der Waals surface area contributed by atoms with E-state index in [-0.39, 0.29) is 18.0 Å². The fourth-order valence-electron chi connectivity index (χ4n) is 2.33. The van der Waals surface area contributed by atoms with Crippen LogP contribution in [0.2, 0.25) is 0 Å². The van der Waals surface area contributed by atoms with Crippen molar-refractivity contribution in [2.24, 2.45) is 5.73 Å². The van der Waals surface area contributed by atoms with Gasteiger partial charge >= 0.3 is 0 Å². The van der Waals surface area contributed by atoms with Crippen LogP contribution in [0.3, 0.4) is 0 Å². The summed E-state index contributed by atoms with van der Waals surface area (Å²) in [5.41, 5.74) is 6.56. The molecule has 0 radical (unpaired) electrons. The van der Waals surface area contributed by atoms with E-state index in [0.29, 0.717) is 17.9 Å². The Morgan fingerprint density at radius 3 is 3.05 bits per heavy atom. The van der Waals surface area contributed by atoms with Gasteiger partial charge in [0.1, 0.15) is 5.82 Å². The van der Waals surface area contributed by atoms with Gasteiger partial charge in [-0.15, -0.1) is 0 Å². The average molecular weight is 262 g/mol. The largest absolute Gasteiger partial charge is 0.367 e. The van der Waals surface area contributed by atoms with E-state index in [0.717, 1.165) is 19.4 Å². The van der Waals surface area contributed by atoms with Crippen LogP contribution in [0.1, 0.15) is 37.0 Å². The van der Waals surface area contributed by atoms with Crippen molar-refractivity contribution in [3.8, 4) is 0 Å². The lowest BCUT2D eigenvalue weighted by atomic mass is 10.1. The number of rotatable bonds is 3. The quantitative estimate of drug-likeness (QED) is 0.865. The van der Waals surface area contributed by atoms with Crippen molar-refractivity contribution in [1.29, 1.82) is 0 Å². The number of anilines is 1. The van der Waals surface area contributed by atoms with Gasteiger partial charge in [0.05, 0.1) is 5.56 Å². The van der Waals surface area contributed by atoms with Gasteiger partial charge < -0.3 is 16.0 Å². The summed E-state index contributed by atoms with van der Waals surface area (Å²) in [5.74, 6) is 0.674. The van der Waals surface area contributed by atoms with E-state index < -0.39 is 0 Å². The van der Waals surface area contributed by atoms with Gasteiger partial charge in [0.25, 0.3) is 5.91 Å². The van der Waals surface area contributed by atoms with Crippen LogP contribution in [-0.2, 0) is 0 Å². The number of nitrogens with two attached hydrogens (primary N) is 1. The van der Waals surface area contributed by atoms with Crippen molar-refractivity contribution in [3.63, 3.8) is 0 Å². The Morgan fingerprint density at radius 2 is 2.37 bits per heavy atom. The van der Waals surface area contributed by atoms with E-state index >= 15 is 0 Å². The lowest BCUT2D eigenvalue weighted by Gasteiger charge is -2.31. The molecule has 3 N–H and O–H groups in total. The van der Waals surface area contributed by atoms with Crippen LogP contribution in [0, 0.1) is 0 Å². The van der Waals surface area contributed by atoms with Gasteiger partial charge in [0.15, 0.2) is 0 Å². The van der Waals surface area contributed by atoms with Gasteiger partial charge in [0.2, 0.25) is 0 Å². The highest BCUT2D eigenvalue weighted by molar-refractivity contribution is 5.98. The fourth-order valence-corrected chi connectivity index (χ4v) is 2.33. The fraction of sp³-hybridized carbons (Fsp3) is 0.571. The lowest BCUT2D eigenvalue weighted by Crippen LogP contribution is -2.45. The Bertz CT molecular complexity index is 447. The molecule has 1 fully saturated rings. The molecule has 0 bridgehead atoms. The van der Waals surface area contributed by atoms with Crippen molar-refractivity contribution < 1.29 is 4.79 Å². The Hall–Kier alpha value is -1.62. The first kappa shape index (κ1) is 13.8. The maximum absolute atomic E-state index is 12.5. The number of carbonyl (C=O) groups is 1. The first-order valence-electron chi connectivity index (χ1n) is 6.84. The molecule has 1 atom stereocenters. The maximum Gasteiger partial charge on any atom is 0.257 e. The van der Waals surface area contributed by atoms with Gasteiger partial charge in [-0.2, -0.15) is 0 Å². The topological polar surface area (TPSA) is 71.2 Å². The molecular weight excluding hydrogens is 240 g/mol. The zero-order chi connectivity index (χ0) is 13.8. The summed E-state index contributed by atoms with van der Waals surface area (Å²) in [6.07, 6.45) is 3.66. The Kier molecular flexibility index (Phi) is 4.37. The molecule has 1 aromatic rings. The van der Waals surface area contributed by atoms with E-state index in [9.17, 15) is 4.79 Å². The summed E-state index contributed by atoms with van der Waals surface area (Å²) >= 11 is 0. The van der Waals surface area contributed by atoms with Gasteiger partial charge in [-0.3, -0.25) is 4.79 Å². The molecule has 0 aromatic carbocycles. The molecule has 1 aromatic heterocycles. The number of piperidine rings is 1. The van der Waals surface area contributed by atoms with E-state index in [1.54, 1.807) is 12.3 Å². The summed E-state index contributed by atoms with van der Waals surface area (Å²) in [7, 11) is 0. The van der Waals surface area contributed by atoms with Crippen molar-refractivity contribution in [3.05, 3.63) is 23.9 Å². The number of aromatic nitrogens is 1. The van der Waals surface area contributed by atoms with E-state index in [4.69, 9.17) is 5.73 Å². The van der Waals surface area contributed by atoms with Crippen LogP contribution < -0.4 is 11.1 Å². The standard InChI is InChI=1S/C14H22N4O/c1-10(2)17-13-12(6-3-7-16-13)14(19)18-8-4-5-11(15)9-18/h3,6-7,10-11H,4-5,8-9,15H2,1-2H3,(H,16,17)/t11-/m0/s1. The normalized spacial score (nSPS) is 19.6. The minimum absolute atomic E-state index is 0.0198. The number of carbonyl (C=O) groups excluding carboxylic acids is 1. The smallest absolute Gasteiger partial charge is 0.257 e. The molecule has 1 aliphatic heterocycles. The summed E-state index contributed by atoms with van der Waals surface area (Å²) in [5, 5.41) is 3.21. The SMILES string of the molecule is CC(C)Nc1ncccc1C(=O)N1CCC[C@H](N)C1.